The van der Waals surface area contributed by atoms with E-state index in [1.165, 1.54) is 0 Å². The van der Waals surface area contributed by atoms with E-state index in [1.54, 1.807) is 6.07 Å². The van der Waals surface area contributed by atoms with Crippen molar-refractivity contribution in [3.05, 3.63) is 35.1 Å². The Bertz CT molecular complexity index is 431. The molecule has 114 valence electrons. The van der Waals surface area contributed by atoms with Gasteiger partial charge in [-0.3, -0.25) is 0 Å². The van der Waals surface area contributed by atoms with Gasteiger partial charge in [0.1, 0.15) is 5.82 Å². The summed E-state index contributed by atoms with van der Waals surface area (Å²) in [5, 5.41) is 3.54. The quantitative estimate of drug-likeness (QED) is 0.815. The minimum atomic E-state index is -0.121. The van der Waals surface area contributed by atoms with Gasteiger partial charge in [-0.2, -0.15) is 0 Å². The van der Waals surface area contributed by atoms with E-state index >= 15 is 0 Å². The molecule has 2 unspecified atom stereocenters. The Morgan fingerprint density at radius 1 is 1.30 bits per heavy atom. The third-order valence-corrected chi connectivity index (χ3v) is 4.42. The summed E-state index contributed by atoms with van der Waals surface area (Å²) in [4.78, 5) is 2.20. The van der Waals surface area contributed by atoms with Crippen LogP contribution in [0.25, 0.3) is 0 Å². The third-order valence-electron chi connectivity index (χ3n) is 4.42. The molecule has 0 saturated carbocycles. The van der Waals surface area contributed by atoms with Gasteiger partial charge < -0.3 is 10.2 Å². The molecule has 0 aliphatic rings. The van der Waals surface area contributed by atoms with Crippen molar-refractivity contribution in [2.24, 2.45) is 0 Å². The first-order valence-corrected chi connectivity index (χ1v) is 7.53. The van der Waals surface area contributed by atoms with Crippen LogP contribution in [-0.4, -0.2) is 31.1 Å². The van der Waals surface area contributed by atoms with Gasteiger partial charge in [-0.15, -0.1) is 0 Å². The zero-order chi connectivity index (χ0) is 15.3. The highest BCUT2D eigenvalue weighted by molar-refractivity contribution is 5.29. The topological polar surface area (TPSA) is 15.3 Å². The molecule has 0 amide bonds. The second-order valence-electron chi connectivity index (χ2n) is 6.02. The number of hydrogen-bond acceptors (Lipinski definition) is 2. The summed E-state index contributed by atoms with van der Waals surface area (Å²) in [6, 6.07) is 5.37. The lowest BCUT2D eigenvalue weighted by Crippen LogP contribution is -2.51. The number of nitrogens with one attached hydrogen (secondary N) is 1. The molecule has 1 N–H and O–H groups in total. The van der Waals surface area contributed by atoms with E-state index in [2.05, 4.69) is 45.1 Å². The van der Waals surface area contributed by atoms with E-state index < -0.39 is 0 Å². The standard InChI is InChI=1S/C17H29FN2/c1-7-11-19-16(17(4,8-2)20(5)6)14-12-13(3)9-10-15(14)18/h9-10,12,16,19H,7-8,11H2,1-6H3. The molecule has 0 bridgehead atoms. The molecule has 2 atom stereocenters. The summed E-state index contributed by atoms with van der Waals surface area (Å²) in [5.41, 5.74) is 1.75. The smallest absolute Gasteiger partial charge is 0.128 e. The van der Waals surface area contributed by atoms with E-state index in [-0.39, 0.29) is 17.4 Å². The van der Waals surface area contributed by atoms with E-state index in [0.29, 0.717) is 0 Å². The second-order valence-corrected chi connectivity index (χ2v) is 6.02. The molecule has 0 aliphatic heterocycles. The molecule has 0 saturated heterocycles. The van der Waals surface area contributed by atoms with Crippen molar-refractivity contribution >= 4 is 0 Å². The highest BCUT2D eigenvalue weighted by atomic mass is 19.1. The van der Waals surface area contributed by atoms with Gasteiger partial charge in [0.2, 0.25) is 0 Å². The summed E-state index contributed by atoms with van der Waals surface area (Å²) >= 11 is 0. The van der Waals surface area contributed by atoms with Crippen LogP contribution in [0.5, 0.6) is 0 Å². The van der Waals surface area contributed by atoms with E-state index in [4.69, 9.17) is 0 Å². The van der Waals surface area contributed by atoms with E-state index in [9.17, 15) is 4.39 Å². The van der Waals surface area contributed by atoms with Gasteiger partial charge in [0.15, 0.2) is 0 Å². The van der Waals surface area contributed by atoms with Crippen molar-refractivity contribution in [3.8, 4) is 0 Å². The van der Waals surface area contributed by atoms with Crippen molar-refractivity contribution in [3.63, 3.8) is 0 Å². The molecule has 0 heterocycles. The highest BCUT2D eigenvalue weighted by Gasteiger charge is 2.36. The predicted molar refractivity (Wildman–Crippen MR) is 84.6 cm³/mol. The van der Waals surface area contributed by atoms with Gasteiger partial charge in [-0.05, 0) is 53.4 Å². The minimum Gasteiger partial charge on any atom is -0.308 e. The number of rotatable bonds is 7. The first kappa shape index (κ1) is 17.1. The van der Waals surface area contributed by atoms with Gasteiger partial charge in [0.25, 0.3) is 0 Å². The van der Waals surface area contributed by atoms with Crippen LogP contribution in [0.4, 0.5) is 4.39 Å². The molecule has 1 aromatic carbocycles. The fourth-order valence-electron chi connectivity index (χ4n) is 2.62. The largest absolute Gasteiger partial charge is 0.308 e. The molecule has 1 rings (SSSR count). The normalized spacial score (nSPS) is 16.2. The fourth-order valence-corrected chi connectivity index (χ4v) is 2.62. The summed E-state index contributed by atoms with van der Waals surface area (Å²) in [7, 11) is 4.13. The molecule has 3 heteroatoms. The van der Waals surface area contributed by atoms with Crippen molar-refractivity contribution < 1.29 is 4.39 Å². The number of halogens is 1. The second kappa shape index (κ2) is 7.19. The van der Waals surface area contributed by atoms with Crippen LogP contribution < -0.4 is 5.32 Å². The lowest BCUT2D eigenvalue weighted by Gasteiger charge is -2.43. The molecule has 0 aliphatic carbocycles. The Balaban J connectivity index is 3.27. The molecule has 1 aromatic rings. The van der Waals surface area contributed by atoms with Crippen LogP contribution in [0.2, 0.25) is 0 Å². The zero-order valence-corrected chi connectivity index (χ0v) is 13.8. The van der Waals surface area contributed by atoms with Crippen LogP contribution in [0.1, 0.15) is 50.8 Å². The van der Waals surface area contributed by atoms with Gasteiger partial charge in [0.05, 0.1) is 6.04 Å². The molecule has 0 aromatic heterocycles. The first-order chi connectivity index (χ1) is 9.36. The summed E-state index contributed by atoms with van der Waals surface area (Å²) in [5.74, 6) is -0.120. The van der Waals surface area contributed by atoms with Gasteiger partial charge in [-0.25, -0.2) is 4.39 Å². The van der Waals surface area contributed by atoms with Crippen molar-refractivity contribution in [1.29, 1.82) is 0 Å². The minimum absolute atomic E-state index is 0.0117. The predicted octanol–water partition coefficient (Wildman–Crippen LogP) is 3.91. The van der Waals surface area contributed by atoms with E-state index in [0.717, 1.165) is 30.5 Å². The van der Waals surface area contributed by atoms with Crippen LogP contribution in [0.3, 0.4) is 0 Å². The highest BCUT2D eigenvalue weighted by Crippen LogP contribution is 2.34. The zero-order valence-electron chi connectivity index (χ0n) is 13.8. The molecule has 0 fully saturated rings. The lowest BCUT2D eigenvalue weighted by atomic mass is 9.82. The van der Waals surface area contributed by atoms with Gasteiger partial charge in [0, 0.05) is 11.1 Å². The molecule has 20 heavy (non-hydrogen) atoms. The monoisotopic (exact) mass is 280 g/mol. The Morgan fingerprint density at radius 2 is 1.95 bits per heavy atom. The van der Waals surface area contributed by atoms with Crippen molar-refractivity contribution in [2.75, 3.05) is 20.6 Å². The Hall–Kier alpha value is -0.930. The summed E-state index contributed by atoms with van der Waals surface area (Å²) in [6.45, 7) is 9.40. The van der Waals surface area contributed by atoms with Crippen molar-refractivity contribution in [1.82, 2.24) is 10.2 Å². The lowest BCUT2D eigenvalue weighted by molar-refractivity contribution is 0.111. The Kier molecular flexibility index (Phi) is 6.15. The maximum Gasteiger partial charge on any atom is 0.128 e. The maximum absolute atomic E-state index is 14.3. The number of aryl methyl sites for hydroxylation is 1. The summed E-state index contributed by atoms with van der Waals surface area (Å²) < 4.78 is 14.3. The number of benzene rings is 1. The third kappa shape index (κ3) is 3.58. The fraction of sp³-hybridized carbons (Fsp3) is 0.647. The Morgan fingerprint density at radius 3 is 2.45 bits per heavy atom. The maximum atomic E-state index is 14.3. The van der Waals surface area contributed by atoms with Gasteiger partial charge in [-0.1, -0.05) is 31.5 Å². The molecular weight excluding hydrogens is 251 g/mol. The van der Waals surface area contributed by atoms with Crippen LogP contribution in [0, 0.1) is 12.7 Å². The molecular formula is C17H29FN2. The molecule has 0 spiro atoms. The average Bonchev–Trinajstić information content (AvgIpc) is 2.42. The molecule has 0 radical (unpaired) electrons. The number of likely N-dealkylation sites (N-methyl/N-ethyl adjacent to an activating group) is 1. The Labute approximate surface area is 123 Å². The number of nitrogens with zero attached hydrogens (tertiary/aromatic N) is 1. The van der Waals surface area contributed by atoms with Crippen LogP contribution in [0.15, 0.2) is 18.2 Å². The first-order valence-electron chi connectivity index (χ1n) is 7.53. The van der Waals surface area contributed by atoms with Gasteiger partial charge >= 0.3 is 0 Å². The molecule has 2 nitrogen and oxygen atoms in total. The SMILES string of the molecule is CCCNC(c1cc(C)ccc1F)C(C)(CC)N(C)C. The average molecular weight is 280 g/mol. The summed E-state index contributed by atoms with van der Waals surface area (Å²) in [6.07, 6.45) is 1.99. The van der Waals surface area contributed by atoms with E-state index in [1.807, 2.05) is 19.1 Å². The van der Waals surface area contributed by atoms with Crippen molar-refractivity contribution in [2.45, 2.75) is 52.1 Å². The van der Waals surface area contributed by atoms with Crippen LogP contribution >= 0.6 is 0 Å². The van der Waals surface area contributed by atoms with Crippen LogP contribution in [-0.2, 0) is 0 Å². The number of hydrogen-bond donors (Lipinski definition) is 1.